The molecule has 0 heterocycles. The minimum absolute atomic E-state index is 0.168. The maximum atomic E-state index is 11.1. The highest BCUT2D eigenvalue weighted by atomic mass is 79.9. The largest absolute Gasteiger partial charge is 0.261 e. The summed E-state index contributed by atoms with van der Waals surface area (Å²) in [4.78, 5) is 0.168. The average Bonchev–Trinajstić information content (AvgIpc) is 1.94. The van der Waals surface area contributed by atoms with Crippen LogP contribution in [0.15, 0.2) is 21.5 Å². The van der Waals surface area contributed by atoms with Crippen molar-refractivity contribution in [2.45, 2.75) is 18.7 Å². The van der Waals surface area contributed by atoms with Crippen LogP contribution in [0.1, 0.15) is 11.1 Å². The van der Waals surface area contributed by atoms with E-state index in [1.165, 1.54) is 6.07 Å². The highest BCUT2D eigenvalue weighted by Gasteiger charge is 2.15. The standard InChI is InChI=1S/C8H8BrClO2S/c1-5-3-7(9)4-8(6(5)2)13(10,11)12/h3-4H,1-2H3. The number of aryl methyl sites for hydroxylation is 1. The Morgan fingerprint density at radius 2 is 1.85 bits per heavy atom. The van der Waals surface area contributed by atoms with Crippen LogP contribution in [0.3, 0.4) is 0 Å². The van der Waals surface area contributed by atoms with Gasteiger partial charge in [-0.15, -0.1) is 0 Å². The lowest BCUT2D eigenvalue weighted by atomic mass is 10.1. The minimum Gasteiger partial charge on any atom is -0.207 e. The van der Waals surface area contributed by atoms with E-state index in [1.807, 2.05) is 13.0 Å². The summed E-state index contributed by atoms with van der Waals surface area (Å²) < 4.78 is 22.9. The van der Waals surface area contributed by atoms with Crippen molar-refractivity contribution in [3.05, 3.63) is 27.7 Å². The molecule has 5 heteroatoms. The Morgan fingerprint density at radius 1 is 1.31 bits per heavy atom. The second kappa shape index (κ2) is 3.59. The molecule has 0 aliphatic rings. The topological polar surface area (TPSA) is 34.1 Å². The smallest absolute Gasteiger partial charge is 0.207 e. The maximum absolute atomic E-state index is 11.1. The van der Waals surface area contributed by atoms with Gasteiger partial charge in [0.1, 0.15) is 0 Å². The Labute approximate surface area is 90.5 Å². The van der Waals surface area contributed by atoms with Crippen molar-refractivity contribution < 1.29 is 8.42 Å². The molecule has 0 saturated carbocycles. The first-order chi connectivity index (χ1) is 5.82. The molecule has 0 unspecified atom stereocenters. The SMILES string of the molecule is Cc1cc(Br)cc(S(=O)(=O)Cl)c1C. The first-order valence-electron chi connectivity index (χ1n) is 3.54. The van der Waals surface area contributed by atoms with E-state index in [0.717, 1.165) is 10.0 Å². The number of rotatable bonds is 1. The van der Waals surface area contributed by atoms with Gasteiger partial charge < -0.3 is 0 Å². The van der Waals surface area contributed by atoms with Gasteiger partial charge in [-0.3, -0.25) is 0 Å². The molecule has 1 aromatic rings. The molecule has 0 aliphatic carbocycles. The van der Waals surface area contributed by atoms with E-state index < -0.39 is 9.05 Å². The molecule has 0 fully saturated rings. The van der Waals surface area contributed by atoms with Gasteiger partial charge in [0.15, 0.2) is 0 Å². The number of benzene rings is 1. The fourth-order valence-corrected chi connectivity index (χ4v) is 3.04. The number of hydrogen-bond donors (Lipinski definition) is 0. The van der Waals surface area contributed by atoms with Gasteiger partial charge in [0, 0.05) is 15.2 Å². The molecule has 0 saturated heterocycles. The fourth-order valence-electron chi connectivity index (χ4n) is 1.04. The number of hydrogen-bond acceptors (Lipinski definition) is 2. The van der Waals surface area contributed by atoms with Gasteiger partial charge in [-0.25, -0.2) is 8.42 Å². The minimum atomic E-state index is -3.64. The molecule has 2 nitrogen and oxygen atoms in total. The Kier molecular flexibility index (Phi) is 3.05. The Bertz CT molecular complexity index is 440. The summed E-state index contributed by atoms with van der Waals surface area (Å²) in [6.45, 7) is 3.57. The predicted octanol–water partition coefficient (Wildman–Crippen LogP) is 2.99. The van der Waals surface area contributed by atoms with Crippen LogP contribution in [0.5, 0.6) is 0 Å². The first kappa shape index (κ1) is 11.0. The Hall–Kier alpha value is -0.0600. The fraction of sp³-hybridized carbons (Fsp3) is 0.250. The zero-order valence-electron chi connectivity index (χ0n) is 7.14. The molecular weight excluding hydrogens is 276 g/mol. The lowest BCUT2D eigenvalue weighted by Gasteiger charge is -2.05. The van der Waals surface area contributed by atoms with Crippen LogP contribution in [-0.2, 0) is 9.05 Å². The molecule has 13 heavy (non-hydrogen) atoms. The third-order valence-electron chi connectivity index (χ3n) is 1.85. The van der Waals surface area contributed by atoms with Crippen molar-refractivity contribution in [1.82, 2.24) is 0 Å². The van der Waals surface area contributed by atoms with Crippen LogP contribution in [-0.4, -0.2) is 8.42 Å². The van der Waals surface area contributed by atoms with Crippen molar-refractivity contribution >= 4 is 35.7 Å². The highest BCUT2D eigenvalue weighted by Crippen LogP contribution is 2.26. The summed E-state index contributed by atoms with van der Waals surface area (Å²) in [5.41, 5.74) is 1.59. The third-order valence-corrected chi connectivity index (χ3v) is 3.75. The molecule has 0 radical (unpaired) electrons. The van der Waals surface area contributed by atoms with Crippen molar-refractivity contribution in [2.24, 2.45) is 0 Å². The second-order valence-electron chi connectivity index (χ2n) is 2.78. The van der Waals surface area contributed by atoms with Crippen LogP contribution in [0, 0.1) is 13.8 Å². The lowest BCUT2D eigenvalue weighted by Crippen LogP contribution is -1.96. The van der Waals surface area contributed by atoms with E-state index in [4.69, 9.17) is 10.7 Å². The van der Waals surface area contributed by atoms with E-state index in [2.05, 4.69) is 15.9 Å². The molecule has 72 valence electrons. The normalized spacial score (nSPS) is 11.7. The molecule has 0 aliphatic heterocycles. The van der Waals surface area contributed by atoms with Gasteiger partial charge in [-0.05, 0) is 37.1 Å². The predicted molar refractivity (Wildman–Crippen MR) is 56.7 cm³/mol. The lowest BCUT2D eigenvalue weighted by molar-refractivity contribution is 0.609. The summed E-state index contributed by atoms with van der Waals surface area (Å²) in [7, 11) is 1.62. The van der Waals surface area contributed by atoms with E-state index >= 15 is 0 Å². The van der Waals surface area contributed by atoms with Crippen molar-refractivity contribution in [2.75, 3.05) is 0 Å². The van der Waals surface area contributed by atoms with E-state index in [-0.39, 0.29) is 4.90 Å². The second-order valence-corrected chi connectivity index (χ2v) is 6.23. The molecule has 1 rings (SSSR count). The zero-order valence-corrected chi connectivity index (χ0v) is 10.3. The quantitative estimate of drug-likeness (QED) is 0.743. The van der Waals surface area contributed by atoms with Gasteiger partial charge in [-0.2, -0.15) is 0 Å². The number of halogens is 2. The molecule has 1 aromatic carbocycles. The van der Waals surface area contributed by atoms with E-state index in [1.54, 1.807) is 6.92 Å². The van der Waals surface area contributed by atoms with Crippen molar-refractivity contribution in [1.29, 1.82) is 0 Å². The third kappa shape index (κ3) is 2.45. The van der Waals surface area contributed by atoms with Gasteiger partial charge in [0.05, 0.1) is 4.90 Å². The van der Waals surface area contributed by atoms with E-state index in [9.17, 15) is 8.42 Å². The van der Waals surface area contributed by atoms with Gasteiger partial charge >= 0.3 is 0 Å². The summed E-state index contributed by atoms with van der Waals surface area (Å²) in [5.74, 6) is 0. The summed E-state index contributed by atoms with van der Waals surface area (Å²) in [6.07, 6.45) is 0. The van der Waals surface area contributed by atoms with Crippen LogP contribution >= 0.6 is 26.6 Å². The Morgan fingerprint density at radius 3 is 2.31 bits per heavy atom. The van der Waals surface area contributed by atoms with Crippen LogP contribution in [0.25, 0.3) is 0 Å². The molecule has 0 atom stereocenters. The maximum Gasteiger partial charge on any atom is 0.261 e. The highest BCUT2D eigenvalue weighted by molar-refractivity contribution is 9.10. The van der Waals surface area contributed by atoms with Gasteiger partial charge in [-0.1, -0.05) is 15.9 Å². The van der Waals surface area contributed by atoms with Crippen molar-refractivity contribution in [3.8, 4) is 0 Å². The van der Waals surface area contributed by atoms with Crippen LogP contribution < -0.4 is 0 Å². The molecular formula is C8H8BrClO2S. The summed E-state index contributed by atoms with van der Waals surface area (Å²) >= 11 is 3.22. The zero-order chi connectivity index (χ0) is 10.2. The van der Waals surface area contributed by atoms with E-state index in [0.29, 0.717) is 5.56 Å². The molecule has 0 aromatic heterocycles. The van der Waals surface area contributed by atoms with Crippen LogP contribution in [0.2, 0.25) is 0 Å². The summed E-state index contributed by atoms with van der Waals surface area (Å²) in [5, 5.41) is 0. The average molecular weight is 284 g/mol. The van der Waals surface area contributed by atoms with Gasteiger partial charge in [0.25, 0.3) is 9.05 Å². The summed E-state index contributed by atoms with van der Waals surface area (Å²) in [6, 6.07) is 3.35. The Balaban J connectivity index is 3.56. The van der Waals surface area contributed by atoms with Crippen LogP contribution in [0.4, 0.5) is 0 Å². The van der Waals surface area contributed by atoms with Crippen molar-refractivity contribution in [3.63, 3.8) is 0 Å². The molecule has 0 bridgehead atoms. The molecule has 0 spiro atoms. The van der Waals surface area contributed by atoms with Gasteiger partial charge in [0.2, 0.25) is 0 Å². The first-order valence-corrected chi connectivity index (χ1v) is 6.64. The molecule has 0 amide bonds. The molecule has 0 N–H and O–H groups in total. The monoisotopic (exact) mass is 282 g/mol.